The van der Waals surface area contributed by atoms with Gasteiger partial charge < -0.3 is 14.1 Å². The van der Waals surface area contributed by atoms with Gasteiger partial charge in [0.2, 0.25) is 0 Å². The van der Waals surface area contributed by atoms with Crippen molar-refractivity contribution >= 4 is 16.9 Å². The summed E-state index contributed by atoms with van der Waals surface area (Å²) in [6, 6.07) is 12.1. The molecule has 0 saturated carbocycles. The van der Waals surface area contributed by atoms with E-state index in [-0.39, 0.29) is 0 Å². The fourth-order valence-electron chi connectivity index (χ4n) is 2.41. The fraction of sp³-hybridized carbons (Fsp3) is 0.353. The zero-order valence-electron chi connectivity index (χ0n) is 12.7. The molecule has 0 unspecified atom stereocenters. The monoisotopic (exact) mass is 316 g/mol. The second kappa shape index (κ2) is 7.40. The number of benzene rings is 1. The van der Waals surface area contributed by atoms with Crippen LogP contribution in [-0.4, -0.2) is 29.5 Å². The number of hydrogen-bond acceptors (Lipinski definition) is 5. The molecular weight excluding hydrogens is 296 g/mol. The van der Waals surface area contributed by atoms with Gasteiger partial charge in [0.1, 0.15) is 11.5 Å². The van der Waals surface area contributed by atoms with E-state index in [0.29, 0.717) is 0 Å². The lowest BCUT2D eigenvalue weighted by Crippen LogP contribution is -2.29. The maximum atomic E-state index is 5.51. The molecule has 2 aromatic rings. The summed E-state index contributed by atoms with van der Waals surface area (Å²) in [5.74, 6) is 2.97. The van der Waals surface area contributed by atoms with Crippen LogP contribution in [0.1, 0.15) is 17.7 Å². The Kier molecular flexibility index (Phi) is 5.06. The number of thioether (sulfide) groups is 1. The van der Waals surface area contributed by atoms with Gasteiger partial charge in [0.25, 0.3) is 0 Å². The largest absolute Gasteiger partial charge is 0.497 e. The molecule has 0 radical (unpaired) electrons. The van der Waals surface area contributed by atoms with Crippen molar-refractivity contribution < 1.29 is 9.15 Å². The van der Waals surface area contributed by atoms with Gasteiger partial charge in [-0.3, -0.25) is 4.99 Å². The van der Waals surface area contributed by atoms with E-state index in [1.165, 1.54) is 5.56 Å². The van der Waals surface area contributed by atoms with E-state index in [9.17, 15) is 0 Å². The van der Waals surface area contributed by atoms with Gasteiger partial charge in [0.15, 0.2) is 5.17 Å². The first-order valence-electron chi connectivity index (χ1n) is 7.42. The number of furan rings is 1. The van der Waals surface area contributed by atoms with Gasteiger partial charge in [-0.15, -0.1) is 0 Å². The van der Waals surface area contributed by atoms with Crippen LogP contribution < -0.4 is 4.74 Å². The Morgan fingerprint density at radius 1 is 1.27 bits per heavy atom. The minimum absolute atomic E-state index is 0.732. The highest BCUT2D eigenvalue weighted by molar-refractivity contribution is 8.13. The van der Waals surface area contributed by atoms with Crippen LogP contribution in [0.2, 0.25) is 0 Å². The number of nitrogens with zero attached hydrogens (tertiary/aromatic N) is 2. The van der Waals surface area contributed by atoms with Gasteiger partial charge in [-0.2, -0.15) is 0 Å². The van der Waals surface area contributed by atoms with Crippen molar-refractivity contribution in [1.82, 2.24) is 4.90 Å². The Balaban J connectivity index is 1.79. The normalized spacial score (nSPS) is 14.5. The molecule has 1 aromatic carbocycles. The third-order valence-corrected chi connectivity index (χ3v) is 4.62. The molecule has 2 heterocycles. The summed E-state index contributed by atoms with van der Waals surface area (Å²) >= 11 is 1.83. The summed E-state index contributed by atoms with van der Waals surface area (Å²) in [5, 5.41) is 1.10. The average molecular weight is 316 g/mol. The molecule has 22 heavy (non-hydrogen) atoms. The van der Waals surface area contributed by atoms with Gasteiger partial charge in [0.05, 0.1) is 19.9 Å². The van der Waals surface area contributed by atoms with Crippen LogP contribution in [0.4, 0.5) is 0 Å². The topological polar surface area (TPSA) is 38.0 Å². The highest BCUT2D eigenvalue weighted by Crippen LogP contribution is 2.22. The first-order valence-corrected chi connectivity index (χ1v) is 8.41. The van der Waals surface area contributed by atoms with E-state index in [1.807, 2.05) is 36.0 Å². The number of methoxy groups -OCH3 is 1. The van der Waals surface area contributed by atoms with Gasteiger partial charge in [-0.1, -0.05) is 23.9 Å². The predicted octanol–water partition coefficient (Wildman–Crippen LogP) is 3.78. The summed E-state index contributed by atoms with van der Waals surface area (Å²) in [6.07, 6.45) is 2.87. The Morgan fingerprint density at radius 2 is 2.23 bits per heavy atom. The molecule has 3 rings (SSSR count). The summed E-state index contributed by atoms with van der Waals surface area (Å²) in [6.45, 7) is 2.44. The van der Waals surface area contributed by atoms with Gasteiger partial charge >= 0.3 is 0 Å². The molecule has 0 saturated heterocycles. The second-order valence-corrected chi connectivity index (χ2v) is 6.22. The lowest BCUT2D eigenvalue weighted by molar-refractivity contribution is 0.359. The number of rotatable bonds is 5. The smallest absolute Gasteiger partial charge is 0.159 e. The van der Waals surface area contributed by atoms with Gasteiger partial charge in [0, 0.05) is 18.8 Å². The maximum absolute atomic E-state index is 5.51. The molecule has 116 valence electrons. The molecule has 1 aliphatic rings. The standard InChI is InChI=1S/C17H20N2O2S/c1-20-15-6-2-5-14(11-15)12-19(13-16-7-3-9-21-16)17-18-8-4-10-22-17/h2-3,5-7,9,11H,4,8,10,12-13H2,1H3. The van der Waals surface area contributed by atoms with E-state index in [2.05, 4.69) is 22.0 Å². The van der Waals surface area contributed by atoms with Gasteiger partial charge in [-0.25, -0.2) is 0 Å². The molecule has 1 aromatic heterocycles. The van der Waals surface area contributed by atoms with Gasteiger partial charge in [-0.05, 0) is 36.2 Å². The zero-order valence-corrected chi connectivity index (χ0v) is 13.5. The molecule has 4 nitrogen and oxygen atoms in total. The fourth-order valence-corrected chi connectivity index (χ4v) is 3.36. The first-order chi connectivity index (χ1) is 10.8. The van der Waals surface area contributed by atoms with Crippen molar-refractivity contribution in [3.8, 4) is 5.75 Å². The Labute approximate surface area is 135 Å². The van der Waals surface area contributed by atoms with Crippen molar-refractivity contribution in [2.45, 2.75) is 19.5 Å². The summed E-state index contributed by atoms with van der Waals surface area (Å²) < 4.78 is 10.8. The quantitative estimate of drug-likeness (QED) is 0.841. The predicted molar refractivity (Wildman–Crippen MR) is 90.3 cm³/mol. The number of ether oxygens (including phenoxy) is 1. The van der Waals surface area contributed by atoms with Crippen molar-refractivity contribution in [2.75, 3.05) is 19.4 Å². The van der Waals surface area contributed by atoms with E-state index < -0.39 is 0 Å². The van der Waals surface area contributed by atoms with Crippen LogP contribution in [0.3, 0.4) is 0 Å². The van der Waals surface area contributed by atoms with Crippen LogP contribution in [0.5, 0.6) is 5.75 Å². The van der Waals surface area contributed by atoms with Crippen molar-refractivity contribution in [3.05, 3.63) is 54.0 Å². The second-order valence-electron chi connectivity index (χ2n) is 5.15. The molecule has 0 aliphatic carbocycles. The van der Waals surface area contributed by atoms with E-state index in [0.717, 1.165) is 48.5 Å². The minimum Gasteiger partial charge on any atom is -0.497 e. The number of amidine groups is 1. The van der Waals surface area contributed by atoms with Crippen LogP contribution in [0.25, 0.3) is 0 Å². The minimum atomic E-state index is 0.732. The molecular formula is C17H20N2O2S. The third-order valence-electron chi connectivity index (χ3n) is 3.49. The van der Waals surface area contributed by atoms with Crippen molar-refractivity contribution in [1.29, 1.82) is 0 Å². The Hall–Kier alpha value is -1.88. The molecule has 1 aliphatic heterocycles. The van der Waals surface area contributed by atoms with E-state index in [4.69, 9.17) is 9.15 Å². The Morgan fingerprint density at radius 3 is 2.95 bits per heavy atom. The van der Waals surface area contributed by atoms with Crippen molar-refractivity contribution in [2.24, 2.45) is 4.99 Å². The SMILES string of the molecule is COc1cccc(CN(Cc2ccco2)C2=NCCCS2)c1. The van der Waals surface area contributed by atoms with E-state index in [1.54, 1.807) is 13.4 Å². The molecule has 0 N–H and O–H groups in total. The van der Waals surface area contributed by atoms with Crippen LogP contribution in [-0.2, 0) is 13.1 Å². The maximum Gasteiger partial charge on any atom is 0.159 e. The molecule has 0 bridgehead atoms. The molecule has 0 fully saturated rings. The summed E-state index contributed by atoms with van der Waals surface area (Å²) in [5.41, 5.74) is 1.21. The highest BCUT2D eigenvalue weighted by Gasteiger charge is 2.17. The third kappa shape index (κ3) is 3.85. The van der Waals surface area contributed by atoms with Crippen LogP contribution in [0, 0.1) is 0 Å². The first kappa shape index (κ1) is 15.0. The lowest BCUT2D eigenvalue weighted by Gasteiger charge is -2.27. The molecule has 0 amide bonds. The highest BCUT2D eigenvalue weighted by atomic mass is 32.2. The lowest BCUT2D eigenvalue weighted by atomic mass is 10.2. The molecule has 0 spiro atoms. The van der Waals surface area contributed by atoms with Crippen LogP contribution >= 0.6 is 11.8 Å². The summed E-state index contributed by atoms with van der Waals surface area (Å²) in [4.78, 5) is 6.96. The summed E-state index contributed by atoms with van der Waals surface area (Å²) in [7, 11) is 1.70. The van der Waals surface area contributed by atoms with Crippen molar-refractivity contribution in [3.63, 3.8) is 0 Å². The van der Waals surface area contributed by atoms with Crippen LogP contribution in [0.15, 0.2) is 52.1 Å². The van der Waals surface area contributed by atoms with E-state index >= 15 is 0 Å². The zero-order chi connectivity index (χ0) is 15.2. The molecule has 0 atom stereocenters. The average Bonchev–Trinajstić information content (AvgIpc) is 3.08. The number of aliphatic imine (C=N–C) groups is 1. The molecule has 5 heteroatoms. The number of hydrogen-bond donors (Lipinski definition) is 0. The Bertz CT molecular complexity index is 625.